The first-order valence-electron chi connectivity index (χ1n) is 8.93. The molecular formula is C21H24N2O3. The normalized spacial score (nSPS) is 12.1. The third-order valence-electron chi connectivity index (χ3n) is 4.15. The third kappa shape index (κ3) is 3.72. The molecule has 0 unspecified atom stereocenters. The highest BCUT2D eigenvalue weighted by Crippen LogP contribution is 2.31. The molecule has 0 aliphatic carbocycles. The van der Waals surface area contributed by atoms with Crippen LogP contribution in [-0.4, -0.2) is 16.4 Å². The van der Waals surface area contributed by atoms with Crippen LogP contribution in [-0.2, 0) is 16.2 Å². The van der Waals surface area contributed by atoms with Crippen molar-refractivity contribution in [2.75, 3.05) is 0 Å². The van der Waals surface area contributed by atoms with Gasteiger partial charge in [-0.3, -0.25) is 0 Å². The van der Waals surface area contributed by atoms with E-state index in [0.29, 0.717) is 24.0 Å². The molecule has 0 N–H and O–H groups in total. The number of aromatic nitrogens is 1. The number of benzene rings is 2. The molecule has 5 nitrogen and oxygen atoms in total. The van der Waals surface area contributed by atoms with E-state index in [0.717, 1.165) is 11.9 Å². The SMILES string of the molecule is CCn1c2ccccc2c2cc(OC(CC(C)C)=NOC(C)=O)ccc21. The lowest BCUT2D eigenvalue weighted by Crippen LogP contribution is -2.13. The topological polar surface area (TPSA) is 52.8 Å². The molecule has 1 heterocycles. The van der Waals surface area contributed by atoms with Crippen molar-refractivity contribution in [3.8, 4) is 5.75 Å². The van der Waals surface area contributed by atoms with E-state index in [9.17, 15) is 4.79 Å². The fraction of sp³-hybridized carbons (Fsp3) is 0.333. The van der Waals surface area contributed by atoms with Crippen molar-refractivity contribution in [2.45, 2.75) is 40.7 Å². The van der Waals surface area contributed by atoms with Gasteiger partial charge in [-0.05, 0) is 42.3 Å². The molecule has 3 aromatic rings. The number of ether oxygens (including phenoxy) is 1. The highest BCUT2D eigenvalue weighted by atomic mass is 16.7. The Labute approximate surface area is 153 Å². The van der Waals surface area contributed by atoms with Crippen molar-refractivity contribution < 1.29 is 14.4 Å². The summed E-state index contributed by atoms with van der Waals surface area (Å²) in [6.07, 6.45) is 0.585. The van der Waals surface area contributed by atoms with Crippen molar-refractivity contribution in [3.05, 3.63) is 42.5 Å². The molecule has 0 saturated heterocycles. The van der Waals surface area contributed by atoms with Crippen molar-refractivity contribution in [1.29, 1.82) is 0 Å². The van der Waals surface area contributed by atoms with E-state index >= 15 is 0 Å². The zero-order valence-electron chi connectivity index (χ0n) is 15.7. The van der Waals surface area contributed by atoms with Gasteiger partial charge in [0.1, 0.15) is 5.75 Å². The summed E-state index contributed by atoms with van der Waals surface area (Å²) in [6, 6.07) is 14.4. The molecule has 0 aliphatic rings. The molecule has 0 fully saturated rings. The second-order valence-corrected chi connectivity index (χ2v) is 6.71. The largest absolute Gasteiger partial charge is 0.440 e. The second kappa shape index (κ2) is 7.60. The molecule has 0 atom stereocenters. The Balaban J connectivity index is 2.01. The minimum atomic E-state index is -0.462. The Hall–Kier alpha value is -2.82. The van der Waals surface area contributed by atoms with Gasteiger partial charge in [0.05, 0.1) is 0 Å². The van der Waals surface area contributed by atoms with Gasteiger partial charge in [-0.15, -0.1) is 0 Å². The molecule has 2 aromatic carbocycles. The fourth-order valence-electron chi connectivity index (χ4n) is 3.13. The summed E-state index contributed by atoms with van der Waals surface area (Å²) in [7, 11) is 0. The van der Waals surface area contributed by atoms with Gasteiger partial charge >= 0.3 is 5.97 Å². The van der Waals surface area contributed by atoms with Crippen LogP contribution in [0.2, 0.25) is 0 Å². The lowest BCUT2D eigenvalue weighted by atomic mass is 10.1. The summed E-state index contributed by atoms with van der Waals surface area (Å²) in [4.78, 5) is 15.8. The Kier molecular flexibility index (Phi) is 5.26. The van der Waals surface area contributed by atoms with Crippen LogP contribution in [0, 0.1) is 5.92 Å². The number of rotatable bonds is 5. The summed E-state index contributed by atoms with van der Waals surface area (Å²) in [5.74, 6) is 0.947. The van der Waals surface area contributed by atoms with Gasteiger partial charge in [0, 0.05) is 41.7 Å². The van der Waals surface area contributed by atoms with Crippen LogP contribution in [0.3, 0.4) is 0 Å². The monoisotopic (exact) mass is 352 g/mol. The lowest BCUT2D eigenvalue weighted by Gasteiger charge is -2.10. The predicted octanol–water partition coefficient (Wildman–Crippen LogP) is 5.12. The zero-order chi connectivity index (χ0) is 18.7. The highest BCUT2D eigenvalue weighted by molar-refractivity contribution is 6.08. The maximum absolute atomic E-state index is 11.1. The van der Waals surface area contributed by atoms with Gasteiger partial charge in [-0.25, -0.2) is 4.79 Å². The highest BCUT2D eigenvalue weighted by Gasteiger charge is 2.12. The van der Waals surface area contributed by atoms with Crippen LogP contribution < -0.4 is 4.74 Å². The van der Waals surface area contributed by atoms with Crippen LogP contribution >= 0.6 is 0 Å². The quantitative estimate of drug-likeness (QED) is 0.277. The maximum Gasteiger partial charge on any atom is 0.332 e. The van der Waals surface area contributed by atoms with E-state index in [4.69, 9.17) is 9.57 Å². The molecule has 0 radical (unpaired) electrons. The Bertz CT molecular complexity index is 970. The van der Waals surface area contributed by atoms with Crippen LogP contribution in [0.1, 0.15) is 34.1 Å². The lowest BCUT2D eigenvalue weighted by molar-refractivity contribution is -0.141. The Morgan fingerprint density at radius 1 is 1.12 bits per heavy atom. The van der Waals surface area contributed by atoms with Crippen LogP contribution in [0.4, 0.5) is 0 Å². The smallest absolute Gasteiger partial charge is 0.332 e. The standard InChI is InChI=1S/C21H24N2O3/c1-5-23-19-9-7-6-8-17(19)18-13-16(10-11-20(18)23)25-21(12-14(2)3)22-26-15(4)24/h6-11,13-14H,5,12H2,1-4H3. The van der Waals surface area contributed by atoms with Crippen molar-refractivity contribution in [1.82, 2.24) is 4.57 Å². The van der Waals surface area contributed by atoms with Gasteiger partial charge in [-0.2, -0.15) is 0 Å². The first-order chi connectivity index (χ1) is 12.5. The Morgan fingerprint density at radius 2 is 1.85 bits per heavy atom. The van der Waals surface area contributed by atoms with Crippen LogP contribution in [0.25, 0.3) is 21.8 Å². The number of aryl methyl sites for hydroxylation is 1. The second-order valence-electron chi connectivity index (χ2n) is 6.71. The molecular weight excluding hydrogens is 328 g/mol. The molecule has 5 heteroatoms. The van der Waals surface area contributed by atoms with Crippen LogP contribution in [0.5, 0.6) is 5.75 Å². The summed E-state index contributed by atoms with van der Waals surface area (Å²) in [6.45, 7) is 8.48. The Morgan fingerprint density at radius 3 is 2.54 bits per heavy atom. The van der Waals surface area contributed by atoms with Gasteiger partial charge in [0.2, 0.25) is 5.90 Å². The number of carbonyl (C=O) groups excluding carboxylic acids is 1. The predicted molar refractivity (Wildman–Crippen MR) is 104 cm³/mol. The molecule has 0 saturated carbocycles. The average molecular weight is 352 g/mol. The minimum Gasteiger partial charge on any atom is -0.440 e. The van der Waals surface area contributed by atoms with Crippen LogP contribution in [0.15, 0.2) is 47.6 Å². The molecule has 0 bridgehead atoms. The van der Waals surface area contributed by atoms with E-state index in [2.05, 4.69) is 54.8 Å². The number of para-hydroxylation sites is 1. The summed E-state index contributed by atoms with van der Waals surface area (Å²) in [5, 5.41) is 6.19. The van der Waals surface area contributed by atoms with Gasteiger partial charge in [0.25, 0.3) is 0 Å². The van der Waals surface area contributed by atoms with E-state index in [-0.39, 0.29) is 0 Å². The minimum absolute atomic E-state index is 0.329. The molecule has 3 rings (SSSR count). The molecule has 0 aliphatic heterocycles. The number of hydrogen-bond acceptors (Lipinski definition) is 4. The number of hydrogen-bond donors (Lipinski definition) is 0. The number of oxime groups is 1. The first-order valence-corrected chi connectivity index (χ1v) is 8.93. The van der Waals surface area contributed by atoms with Gasteiger partial charge in [0.15, 0.2) is 0 Å². The van der Waals surface area contributed by atoms with E-state index in [1.807, 2.05) is 18.2 Å². The van der Waals surface area contributed by atoms with E-state index < -0.39 is 5.97 Å². The molecule has 1 aromatic heterocycles. The van der Waals surface area contributed by atoms with E-state index in [1.165, 1.54) is 23.3 Å². The average Bonchev–Trinajstić information content (AvgIpc) is 2.92. The molecule has 0 amide bonds. The van der Waals surface area contributed by atoms with Gasteiger partial charge in [-0.1, -0.05) is 32.0 Å². The van der Waals surface area contributed by atoms with E-state index in [1.54, 1.807) is 0 Å². The van der Waals surface area contributed by atoms with Gasteiger partial charge < -0.3 is 14.1 Å². The number of nitrogens with zero attached hydrogens (tertiary/aromatic N) is 2. The van der Waals surface area contributed by atoms with Crippen molar-refractivity contribution in [3.63, 3.8) is 0 Å². The zero-order valence-corrected chi connectivity index (χ0v) is 15.7. The molecule has 26 heavy (non-hydrogen) atoms. The summed E-state index contributed by atoms with van der Waals surface area (Å²) < 4.78 is 8.23. The van der Waals surface area contributed by atoms with Crippen molar-refractivity contribution >= 4 is 33.7 Å². The summed E-state index contributed by atoms with van der Waals surface area (Å²) >= 11 is 0. The third-order valence-corrected chi connectivity index (χ3v) is 4.15. The number of carbonyl (C=O) groups is 1. The van der Waals surface area contributed by atoms with Crippen molar-refractivity contribution in [2.24, 2.45) is 11.1 Å². The fourth-order valence-corrected chi connectivity index (χ4v) is 3.13. The first kappa shape index (κ1) is 18.0. The number of fused-ring (bicyclic) bond motifs is 3. The summed E-state index contributed by atoms with van der Waals surface area (Å²) in [5.41, 5.74) is 2.38. The molecule has 0 spiro atoms. The molecule has 136 valence electrons. The maximum atomic E-state index is 11.1.